The molecule has 1 saturated heterocycles. The van der Waals surface area contributed by atoms with E-state index in [2.05, 4.69) is 5.32 Å². The van der Waals surface area contributed by atoms with Gasteiger partial charge in [-0.05, 0) is 26.7 Å². The van der Waals surface area contributed by atoms with E-state index in [-0.39, 0.29) is 18.6 Å². The molecule has 0 radical (unpaired) electrons. The molecule has 1 heterocycles. The number of likely N-dealkylation sites (tertiary alicyclic amines) is 1. The molecule has 5 nitrogen and oxygen atoms in total. The van der Waals surface area contributed by atoms with Crippen LogP contribution in [-0.2, 0) is 4.74 Å². The average molecular weight is 244 g/mol. The molecular weight excluding hydrogens is 220 g/mol. The van der Waals surface area contributed by atoms with E-state index in [1.807, 2.05) is 27.7 Å². The number of rotatable bonds is 4. The van der Waals surface area contributed by atoms with Crippen molar-refractivity contribution in [2.75, 3.05) is 26.2 Å². The van der Waals surface area contributed by atoms with Gasteiger partial charge in [-0.15, -0.1) is 0 Å². The predicted molar refractivity (Wildman–Crippen MR) is 65.8 cm³/mol. The number of carbonyl (C=O) groups excluding carboxylic acids is 1. The Morgan fingerprint density at radius 3 is 2.59 bits per heavy atom. The Labute approximate surface area is 103 Å². The van der Waals surface area contributed by atoms with Crippen LogP contribution < -0.4 is 5.32 Å². The molecule has 1 aliphatic heterocycles. The van der Waals surface area contributed by atoms with Crippen LogP contribution in [0.3, 0.4) is 0 Å². The van der Waals surface area contributed by atoms with E-state index in [1.54, 1.807) is 4.90 Å². The second kappa shape index (κ2) is 5.69. The lowest BCUT2D eigenvalue weighted by Gasteiger charge is -2.40. The number of hydrogen-bond donors (Lipinski definition) is 2. The molecule has 2 N–H and O–H groups in total. The van der Waals surface area contributed by atoms with Gasteiger partial charge in [0.2, 0.25) is 0 Å². The summed E-state index contributed by atoms with van der Waals surface area (Å²) in [6, 6.07) is 0.330. The second-order valence-electron chi connectivity index (χ2n) is 5.78. The van der Waals surface area contributed by atoms with Gasteiger partial charge < -0.3 is 20.1 Å². The Balaban J connectivity index is 2.16. The lowest BCUT2D eigenvalue weighted by Crippen LogP contribution is -2.61. The van der Waals surface area contributed by atoms with E-state index in [0.29, 0.717) is 19.1 Å². The first-order valence-electron chi connectivity index (χ1n) is 6.14. The number of hydrogen-bond acceptors (Lipinski definition) is 4. The standard InChI is InChI=1S/C12H24N2O3/c1-9(8-15)5-13-10-6-14(7-10)11(16)17-12(2,3)4/h9-10,13,15H,5-8H2,1-4H3. The first-order valence-corrected chi connectivity index (χ1v) is 6.14. The average Bonchev–Trinajstić information content (AvgIpc) is 2.11. The predicted octanol–water partition coefficient (Wildman–Crippen LogP) is 0.824. The summed E-state index contributed by atoms with van der Waals surface area (Å²) in [7, 11) is 0. The first kappa shape index (κ1) is 14.3. The molecule has 1 rings (SSSR count). The number of aliphatic hydroxyl groups is 1. The molecule has 0 bridgehead atoms. The second-order valence-corrected chi connectivity index (χ2v) is 5.78. The maximum atomic E-state index is 11.6. The number of nitrogens with zero attached hydrogens (tertiary/aromatic N) is 1. The fraction of sp³-hybridized carbons (Fsp3) is 0.917. The highest BCUT2D eigenvalue weighted by Gasteiger charge is 2.33. The van der Waals surface area contributed by atoms with Crippen LogP contribution in [0.1, 0.15) is 27.7 Å². The summed E-state index contributed by atoms with van der Waals surface area (Å²) in [6.07, 6.45) is -0.245. The minimum Gasteiger partial charge on any atom is -0.444 e. The Morgan fingerprint density at radius 2 is 2.12 bits per heavy atom. The molecule has 1 amide bonds. The van der Waals surface area contributed by atoms with E-state index in [9.17, 15) is 4.79 Å². The third-order valence-electron chi connectivity index (χ3n) is 2.60. The summed E-state index contributed by atoms with van der Waals surface area (Å²) in [4.78, 5) is 13.3. The van der Waals surface area contributed by atoms with Gasteiger partial charge in [0.1, 0.15) is 5.60 Å². The highest BCUT2D eigenvalue weighted by Crippen LogP contribution is 2.15. The Kier molecular flexibility index (Phi) is 4.77. The van der Waals surface area contributed by atoms with Crippen LogP contribution in [0, 0.1) is 5.92 Å². The van der Waals surface area contributed by atoms with Gasteiger partial charge in [0, 0.05) is 32.3 Å². The van der Waals surface area contributed by atoms with Crippen molar-refractivity contribution in [1.82, 2.24) is 10.2 Å². The van der Waals surface area contributed by atoms with Gasteiger partial charge >= 0.3 is 6.09 Å². The minimum absolute atomic E-state index is 0.190. The summed E-state index contributed by atoms with van der Waals surface area (Å²) >= 11 is 0. The zero-order valence-corrected chi connectivity index (χ0v) is 11.2. The molecule has 100 valence electrons. The summed E-state index contributed by atoms with van der Waals surface area (Å²) < 4.78 is 5.26. The number of ether oxygens (including phenoxy) is 1. The van der Waals surface area contributed by atoms with Gasteiger partial charge in [-0.25, -0.2) is 4.79 Å². The van der Waals surface area contributed by atoms with Gasteiger partial charge in [0.15, 0.2) is 0 Å². The monoisotopic (exact) mass is 244 g/mol. The van der Waals surface area contributed by atoms with E-state index in [1.165, 1.54) is 0 Å². The molecule has 0 aromatic rings. The molecule has 1 fully saturated rings. The molecule has 17 heavy (non-hydrogen) atoms. The summed E-state index contributed by atoms with van der Waals surface area (Å²) in [6.45, 7) is 9.92. The normalized spacial score (nSPS) is 18.8. The maximum absolute atomic E-state index is 11.6. The van der Waals surface area contributed by atoms with E-state index in [0.717, 1.165) is 6.54 Å². The Bertz CT molecular complexity index is 257. The molecule has 5 heteroatoms. The van der Waals surface area contributed by atoms with Crippen molar-refractivity contribution in [2.45, 2.75) is 39.3 Å². The molecule has 0 spiro atoms. The first-order chi connectivity index (χ1) is 7.81. The molecule has 0 aliphatic carbocycles. The third kappa shape index (κ3) is 4.91. The molecule has 0 aromatic heterocycles. The summed E-state index contributed by atoms with van der Waals surface area (Å²) in [5.74, 6) is 0.255. The molecular formula is C12H24N2O3. The largest absolute Gasteiger partial charge is 0.444 e. The molecule has 1 unspecified atom stereocenters. The summed E-state index contributed by atoms with van der Waals surface area (Å²) in [5.41, 5.74) is -0.430. The van der Waals surface area contributed by atoms with Crippen LogP contribution in [0.2, 0.25) is 0 Å². The van der Waals surface area contributed by atoms with E-state index in [4.69, 9.17) is 9.84 Å². The SMILES string of the molecule is CC(CO)CNC1CN(C(=O)OC(C)(C)C)C1. The van der Waals surface area contributed by atoms with Crippen LogP contribution >= 0.6 is 0 Å². The van der Waals surface area contributed by atoms with Gasteiger partial charge in [-0.1, -0.05) is 6.92 Å². The lowest BCUT2D eigenvalue weighted by molar-refractivity contribution is 0.00484. The molecule has 0 saturated carbocycles. The summed E-state index contributed by atoms with van der Waals surface area (Å²) in [5, 5.41) is 12.2. The highest BCUT2D eigenvalue weighted by atomic mass is 16.6. The van der Waals surface area contributed by atoms with Crippen LogP contribution in [-0.4, -0.2) is 54.0 Å². The fourth-order valence-electron chi connectivity index (χ4n) is 1.52. The van der Waals surface area contributed by atoms with Crippen molar-refractivity contribution in [3.05, 3.63) is 0 Å². The van der Waals surface area contributed by atoms with Gasteiger partial charge in [0.05, 0.1) is 0 Å². The molecule has 0 aromatic carbocycles. The highest BCUT2D eigenvalue weighted by molar-refractivity contribution is 5.69. The molecule has 1 atom stereocenters. The van der Waals surface area contributed by atoms with Crippen molar-refractivity contribution >= 4 is 6.09 Å². The zero-order valence-electron chi connectivity index (χ0n) is 11.2. The van der Waals surface area contributed by atoms with Gasteiger partial charge in [0.25, 0.3) is 0 Å². The fourth-order valence-corrected chi connectivity index (χ4v) is 1.52. The number of aliphatic hydroxyl groups excluding tert-OH is 1. The zero-order chi connectivity index (χ0) is 13.1. The number of nitrogens with one attached hydrogen (secondary N) is 1. The van der Waals surface area contributed by atoms with Crippen molar-refractivity contribution in [1.29, 1.82) is 0 Å². The number of amides is 1. The van der Waals surface area contributed by atoms with Crippen molar-refractivity contribution in [3.8, 4) is 0 Å². The van der Waals surface area contributed by atoms with E-state index < -0.39 is 5.60 Å². The Hall–Kier alpha value is -0.810. The molecule has 1 aliphatic rings. The number of carbonyl (C=O) groups is 1. The maximum Gasteiger partial charge on any atom is 0.410 e. The minimum atomic E-state index is -0.430. The quantitative estimate of drug-likeness (QED) is 0.768. The lowest BCUT2D eigenvalue weighted by atomic mass is 10.1. The van der Waals surface area contributed by atoms with Crippen LogP contribution in [0.5, 0.6) is 0 Å². The van der Waals surface area contributed by atoms with Gasteiger partial charge in [-0.3, -0.25) is 0 Å². The van der Waals surface area contributed by atoms with E-state index >= 15 is 0 Å². The van der Waals surface area contributed by atoms with Crippen LogP contribution in [0.25, 0.3) is 0 Å². The topological polar surface area (TPSA) is 61.8 Å². The van der Waals surface area contributed by atoms with Crippen molar-refractivity contribution in [3.63, 3.8) is 0 Å². The van der Waals surface area contributed by atoms with Crippen molar-refractivity contribution in [2.24, 2.45) is 5.92 Å². The van der Waals surface area contributed by atoms with Gasteiger partial charge in [-0.2, -0.15) is 0 Å². The third-order valence-corrected chi connectivity index (χ3v) is 2.60. The van der Waals surface area contributed by atoms with Crippen LogP contribution in [0.4, 0.5) is 4.79 Å². The van der Waals surface area contributed by atoms with Crippen LogP contribution in [0.15, 0.2) is 0 Å². The smallest absolute Gasteiger partial charge is 0.410 e. The Morgan fingerprint density at radius 1 is 1.53 bits per heavy atom. The van der Waals surface area contributed by atoms with Crippen molar-refractivity contribution < 1.29 is 14.6 Å².